The Labute approximate surface area is 163 Å². The normalized spacial score (nSPS) is 26.0. The molecule has 8 heteroatoms. The molecule has 0 bridgehead atoms. The molecule has 7 nitrogen and oxygen atoms in total. The van der Waals surface area contributed by atoms with Crippen LogP contribution in [0.3, 0.4) is 0 Å². The lowest BCUT2D eigenvalue weighted by atomic mass is 9.86. The van der Waals surface area contributed by atoms with Gasteiger partial charge in [-0.25, -0.2) is 13.1 Å². The number of hydrogen-bond donors (Lipinski definition) is 1. The Bertz CT molecular complexity index is 641. The fraction of sp³-hybridized carbons (Fsp3) is 0.789. The molecule has 2 aliphatic rings. The highest BCUT2D eigenvalue weighted by Crippen LogP contribution is 2.29. The summed E-state index contributed by atoms with van der Waals surface area (Å²) < 4.78 is 26.0. The van der Waals surface area contributed by atoms with Crippen molar-refractivity contribution in [3.05, 3.63) is 12.2 Å². The van der Waals surface area contributed by atoms with Crippen molar-refractivity contribution < 1.29 is 18.0 Å². The monoisotopic (exact) mass is 399 g/mol. The van der Waals surface area contributed by atoms with Crippen LogP contribution in [-0.4, -0.2) is 74.9 Å². The van der Waals surface area contributed by atoms with Gasteiger partial charge < -0.3 is 9.69 Å². The molecule has 0 spiro atoms. The lowest BCUT2D eigenvalue weighted by Crippen LogP contribution is -2.51. The first-order valence-corrected chi connectivity index (χ1v) is 11.7. The van der Waals surface area contributed by atoms with Crippen LogP contribution in [0.2, 0.25) is 0 Å². The van der Waals surface area contributed by atoms with Crippen molar-refractivity contribution in [1.29, 1.82) is 0 Å². The van der Waals surface area contributed by atoms with Crippen molar-refractivity contribution in [2.24, 2.45) is 11.8 Å². The highest BCUT2D eigenvalue weighted by atomic mass is 32.2. The highest BCUT2D eigenvalue weighted by molar-refractivity contribution is 7.88. The first-order chi connectivity index (χ1) is 12.7. The molecule has 2 saturated heterocycles. The van der Waals surface area contributed by atoms with Crippen molar-refractivity contribution in [3.63, 3.8) is 0 Å². The van der Waals surface area contributed by atoms with E-state index in [1.807, 2.05) is 19.9 Å². The molecule has 0 aromatic heterocycles. The van der Waals surface area contributed by atoms with Crippen LogP contribution in [0.4, 0.5) is 0 Å². The molecule has 3 unspecified atom stereocenters. The zero-order valence-corrected chi connectivity index (χ0v) is 17.5. The van der Waals surface area contributed by atoms with Gasteiger partial charge in [-0.15, -0.1) is 0 Å². The van der Waals surface area contributed by atoms with E-state index in [1.54, 1.807) is 11.0 Å². The number of piperidine rings is 1. The number of aldehydes is 1. The van der Waals surface area contributed by atoms with E-state index in [0.29, 0.717) is 13.0 Å². The summed E-state index contributed by atoms with van der Waals surface area (Å²) in [6, 6.07) is -0.888. The van der Waals surface area contributed by atoms with Gasteiger partial charge in [-0.2, -0.15) is 0 Å². The predicted molar refractivity (Wildman–Crippen MR) is 106 cm³/mol. The average Bonchev–Trinajstić information content (AvgIpc) is 2.98. The zero-order valence-electron chi connectivity index (χ0n) is 16.6. The molecule has 2 rings (SSSR count). The predicted octanol–water partition coefficient (Wildman–Crippen LogP) is 1.02. The van der Waals surface area contributed by atoms with E-state index < -0.39 is 28.0 Å². The summed E-state index contributed by atoms with van der Waals surface area (Å²) in [6.45, 7) is 7.16. The number of nitrogens with zero attached hydrogens (tertiary/aromatic N) is 2. The summed E-state index contributed by atoms with van der Waals surface area (Å²) in [5.74, 6) is -0.546. The first-order valence-electron chi connectivity index (χ1n) is 9.85. The van der Waals surface area contributed by atoms with Crippen molar-refractivity contribution >= 4 is 22.2 Å². The number of hydrogen-bond acceptors (Lipinski definition) is 5. The van der Waals surface area contributed by atoms with Gasteiger partial charge in [-0.05, 0) is 38.3 Å². The lowest BCUT2D eigenvalue weighted by Gasteiger charge is -2.33. The van der Waals surface area contributed by atoms with Crippen molar-refractivity contribution in [2.45, 2.75) is 51.6 Å². The van der Waals surface area contributed by atoms with Gasteiger partial charge in [-0.3, -0.25) is 9.69 Å². The van der Waals surface area contributed by atoms with E-state index in [4.69, 9.17) is 0 Å². The van der Waals surface area contributed by atoms with E-state index in [1.165, 1.54) is 19.3 Å². The molecule has 2 aliphatic heterocycles. The second-order valence-corrected chi connectivity index (χ2v) is 9.81. The molecule has 1 amide bonds. The van der Waals surface area contributed by atoms with Crippen molar-refractivity contribution in [2.75, 3.05) is 32.4 Å². The third-order valence-corrected chi connectivity index (χ3v) is 6.23. The minimum Gasteiger partial charge on any atom is -0.334 e. The zero-order chi connectivity index (χ0) is 20.0. The fourth-order valence-corrected chi connectivity index (χ4v) is 4.93. The summed E-state index contributed by atoms with van der Waals surface area (Å²) in [4.78, 5) is 28.5. The molecule has 1 N–H and O–H groups in total. The van der Waals surface area contributed by atoms with Crippen LogP contribution in [0.1, 0.15) is 39.5 Å². The first kappa shape index (κ1) is 22.0. The smallest absolute Gasteiger partial charge is 0.246 e. The Morgan fingerprint density at radius 3 is 2.41 bits per heavy atom. The van der Waals surface area contributed by atoms with Gasteiger partial charge in [0.15, 0.2) is 0 Å². The molecule has 27 heavy (non-hydrogen) atoms. The number of carbonyl (C=O) groups excluding carboxylic acids is 2. The number of amides is 1. The molecule has 0 saturated carbocycles. The second-order valence-electron chi connectivity index (χ2n) is 8.03. The van der Waals surface area contributed by atoms with Gasteiger partial charge in [0.05, 0.1) is 12.3 Å². The molecule has 2 heterocycles. The average molecular weight is 400 g/mol. The molecule has 0 aromatic carbocycles. The van der Waals surface area contributed by atoms with Gasteiger partial charge in [-0.1, -0.05) is 26.3 Å². The van der Waals surface area contributed by atoms with E-state index in [-0.39, 0.29) is 11.8 Å². The molecule has 154 valence electrons. The lowest BCUT2D eigenvalue weighted by molar-refractivity contribution is -0.129. The van der Waals surface area contributed by atoms with E-state index >= 15 is 0 Å². The number of carbonyl (C=O) groups is 2. The third-order valence-electron chi connectivity index (χ3n) is 5.50. The summed E-state index contributed by atoms with van der Waals surface area (Å²) in [5, 5.41) is 0. The van der Waals surface area contributed by atoms with Crippen molar-refractivity contribution in [3.8, 4) is 0 Å². The summed E-state index contributed by atoms with van der Waals surface area (Å²) in [5.41, 5.74) is 0. The minimum absolute atomic E-state index is 0.0158. The Balaban J connectivity index is 2.09. The van der Waals surface area contributed by atoms with Crippen LogP contribution >= 0.6 is 0 Å². The van der Waals surface area contributed by atoms with Gasteiger partial charge in [0.2, 0.25) is 15.9 Å². The molecular formula is C19H33N3O4S. The maximum absolute atomic E-state index is 12.8. The van der Waals surface area contributed by atoms with Gasteiger partial charge in [0, 0.05) is 31.1 Å². The molecule has 0 aliphatic carbocycles. The third kappa shape index (κ3) is 6.40. The van der Waals surface area contributed by atoms with Crippen LogP contribution in [0.25, 0.3) is 0 Å². The molecule has 2 fully saturated rings. The second kappa shape index (κ2) is 9.80. The van der Waals surface area contributed by atoms with Crippen LogP contribution in [-0.2, 0) is 19.6 Å². The number of nitrogens with one attached hydrogen (secondary N) is 1. The van der Waals surface area contributed by atoms with E-state index in [0.717, 1.165) is 32.2 Å². The van der Waals surface area contributed by atoms with Gasteiger partial charge >= 0.3 is 0 Å². The summed E-state index contributed by atoms with van der Waals surface area (Å²) in [7, 11) is -3.42. The summed E-state index contributed by atoms with van der Waals surface area (Å²) in [6.07, 6.45) is 9.61. The Morgan fingerprint density at radius 1 is 1.19 bits per heavy atom. The molecular weight excluding hydrogens is 366 g/mol. The largest absolute Gasteiger partial charge is 0.334 e. The van der Waals surface area contributed by atoms with Crippen molar-refractivity contribution in [1.82, 2.24) is 14.5 Å². The minimum atomic E-state index is -3.42. The van der Waals surface area contributed by atoms with Crippen LogP contribution in [0.15, 0.2) is 12.2 Å². The van der Waals surface area contributed by atoms with E-state index in [9.17, 15) is 18.0 Å². The topological polar surface area (TPSA) is 86.8 Å². The van der Waals surface area contributed by atoms with Crippen LogP contribution < -0.4 is 4.72 Å². The maximum Gasteiger partial charge on any atom is 0.246 e. The Hall–Kier alpha value is -1.25. The molecule has 0 aromatic rings. The molecule has 0 radical (unpaired) electrons. The maximum atomic E-state index is 12.8. The number of sulfonamides is 1. The van der Waals surface area contributed by atoms with Crippen LogP contribution in [0, 0.1) is 11.8 Å². The van der Waals surface area contributed by atoms with Gasteiger partial charge in [0.25, 0.3) is 0 Å². The SMILES string of the molecule is CC(C)C(C=O)C1C(NS(C)(=O)=O)CCN1C(=O)/C=C/CN1CCCCC1. The molecule has 3 atom stereocenters. The number of rotatable bonds is 8. The number of likely N-dealkylation sites (tertiary alicyclic amines) is 2. The highest BCUT2D eigenvalue weighted by Gasteiger charge is 2.43. The Morgan fingerprint density at radius 2 is 1.85 bits per heavy atom. The Kier molecular flexibility index (Phi) is 8.00. The summed E-state index contributed by atoms with van der Waals surface area (Å²) >= 11 is 0. The fourth-order valence-electron chi connectivity index (χ4n) is 4.12. The quantitative estimate of drug-likeness (QED) is 0.486. The standard InChI is InChI=1S/C19H33N3O4S/c1-15(2)16(14-23)19-17(20-27(3,25)26)9-13-22(19)18(24)8-7-12-21-10-5-4-6-11-21/h7-8,14-17,19-20H,4-6,9-13H2,1-3H3/b8-7+. The van der Waals surface area contributed by atoms with Crippen LogP contribution in [0.5, 0.6) is 0 Å². The van der Waals surface area contributed by atoms with Gasteiger partial charge in [0.1, 0.15) is 6.29 Å². The van der Waals surface area contributed by atoms with E-state index in [2.05, 4.69) is 9.62 Å².